The molecule has 19 heteroatoms. The molecule has 1 aromatic heterocycles. The van der Waals surface area contributed by atoms with Crippen LogP contribution in [-0.2, 0) is 34.8 Å². The second-order valence-electron chi connectivity index (χ2n) is 16.4. The maximum absolute atomic E-state index is 14.9. The number of sulfonamides is 1. The van der Waals surface area contributed by atoms with Gasteiger partial charge < -0.3 is 31.3 Å². The number of benzene rings is 1. The first-order valence-electron chi connectivity index (χ1n) is 19.8. The lowest BCUT2D eigenvalue weighted by molar-refractivity contribution is -0.145. The number of carbonyl (C=O) groups is 5. The summed E-state index contributed by atoms with van der Waals surface area (Å²) >= 11 is 1.59. The lowest BCUT2D eigenvalue weighted by Crippen LogP contribution is -2.63. The van der Waals surface area contributed by atoms with Gasteiger partial charge in [0.2, 0.25) is 27.6 Å². The second kappa shape index (κ2) is 17.5. The van der Waals surface area contributed by atoms with E-state index in [0.717, 1.165) is 32.1 Å². The van der Waals surface area contributed by atoms with Gasteiger partial charge in [0, 0.05) is 44.7 Å². The van der Waals surface area contributed by atoms with Crippen LogP contribution in [0.4, 0.5) is 0 Å². The van der Waals surface area contributed by atoms with Crippen molar-refractivity contribution in [2.45, 2.75) is 106 Å². The van der Waals surface area contributed by atoms with E-state index < -0.39 is 68.7 Å². The first kappa shape index (κ1) is 42.7. The molecule has 0 spiro atoms. The second-order valence-corrected chi connectivity index (χ2v) is 19.6. The summed E-state index contributed by atoms with van der Waals surface area (Å²) in [5.74, 6) is -2.62. The first-order chi connectivity index (χ1) is 27.0. The SMILES string of the molecule is CN1CCN(S(=O)(=O)c2ccc(C(=O)N[C@H](CC3CCCCC3)C(=O)N3C[C@@H](n4nncc4C(C)(C)O)C[C@H]3C(=O)NC3(C(=O)C(N)=O)CCSCC3)cc2)CC1. The fourth-order valence-electron chi connectivity index (χ4n) is 8.49. The number of thioether (sulfide) groups is 1. The smallest absolute Gasteiger partial charge is 0.287 e. The quantitative estimate of drug-likeness (QED) is 0.206. The van der Waals surface area contributed by atoms with Crippen LogP contribution in [0, 0.1) is 5.92 Å². The Hall–Kier alpha value is -3.91. The average molecular weight is 830 g/mol. The van der Waals surface area contributed by atoms with Gasteiger partial charge in [-0.2, -0.15) is 16.1 Å². The maximum atomic E-state index is 14.9. The molecular weight excluding hydrogens is 775 g/mol. The Morgan fingerprint density at radius 2 is 1.67 bits per heavy atom. The van der Waals surface area contributed by atoms with Crippen molar-refractivity contribution in [2.75, 3.05) is 51.3 Å². The van der Waals surface area contributed by atoms with Crippen molar-refractivity contribution in [1.29, 1.82) is 0 Å². The molecule has 0 unspecified atom stereocenters. The lowest BCUT2D eigenvalue weighted by Gasteiger charge is -2.37. The Kier molecular flexibility index (Phi) is 13.1. The topological polar surface area (TPSA) is 230 Å². The zero-order valence-electron chi connectivity index (χ0n) is 32.9. The summed E-state index contributed by atoms with van der Waals surface area (Å²) in [6.45, 7) is 5.08. The van der Waals surface area contributed by atoms with Gasteiger partial charge in [0.15, 0.2) is 0 Å². The predicted molar refractivity (Wildman–Crippen MR) is 211 cm³/mol. The van der Waals surface area contributed by atoms with E-state index >= 15 is 0 Å². The molecule has 1 saturated carbocycles. The Morgan fingerprint density at radius 1 is 1.02 bits per heavy atom. The minimum atomic E-state index is -3.77. The van der Waals surface area contributed by atoms with Crippen LogP contribution in [0.3, 0.4) is 0 Å². The van der Waals surface area contributed by atoms with Gasteiger partial charge in [-0.1, -0.05) is 37.3 Å². The van der Waals surface area contributed by atoms with Crippen LogP contribution in [-0.4, -0.2) is 141 Å². The summed E-state index contributed by atoms with van der Waals surface area (Å²) in [5, 5.41) is 24.9. The van der Waals surface area contributed by atoms with Crippen molar-refractivity contribution in [1.82, 2.24) is 39.7 Å². The number of primary amides is 1. The summed E-state index contributed by atoms with van der Waals surface area (Å²) in [6, 6.07) is 2.86. The molecule has 0 radical (unpaired) electrons. The zero-order valence-corrected chi connectivity index (χ0v) is 34.5. The van der Waals surface area contributed by atoms with Crippen molar-refractivity contribution >= 4 is 51.2 Å². The third-order valence-electron chi connectivity index (χ3n) is 11.9. The zero-order chi connectivity index (χ0) is 41.1. The minimum absolute atomic E-state index is 0.0220. The van der Waals surface area contributed by atoms with Gasteiger partial charge in [0.25, 0.3) is 11.8 Å². The van der Waals surface area contributed by atoms with Gasteiger partial charge in [-0.15, -0.1) is 5.10 Å². The number of rotatable bonds is 13. The highest BCUT2D eigenvalue weighted by Crippen LogP contribution is 2.35. The predicted octanol–water partition coefficient (Wildman–Crippen LogP) is 0.789. The summed E-state index contributed by atoms with van der Waals surface area (Å²) in [4.78, 5) is 72.2. The summed E-state index contributed by atoms with van der Waals surface area (Å²) < 4.78 is 29.6. The Labute approximate surface area is 337 Å². The molecule has 57 heavy (non-hydrogen) atoms. The number of likely N-dealkylation sites (N-methyl/N-ethyl adjacent to an activating group) is 1. The van der Waals surface area contributed by atoms with E-state index in [0.29, 0.717) is 49.8 Å². The summed E-state index contributed by atoms with van der Waals surface area (Å²) in [5.41, 5.74) is 3.13. The van der Waals surface area contributed by atoms with Gasteiger partial charge in [0.05, 0.1) is 22.8 Å². The Balaban J connectivity index is 1.29. The van der Waals surface area contributed by atoms with Crippen molar-refractivity contribution < 1.29 is 37.5 Å². The van der Waals surface area contributed by atoms with Crippen LogP contribution < -0.4 is 16.4 Å². The van der Waals surface area contributed by atoms with E-state index in [1.165, 1.54) is 44.3 Å². The lowest BCUT2D eigenvalue weighted by atomic mass is 9.84. The van der Waals surface area contributed by atoms with E-state index in [9.17, 15) is 37.5 Å². The number of carbonyl (C=O) groups excluding carboxylic acids is 5. The number of piperazine rings is 1. The highest BCUT2D eigenvalue weighted by atomic mass is 32.2. The molecule has 3 atom stereocenters. The van der Waals surface area contributed by atoms with Crippen molar-refractivity contribution in [3.8, 4) is 0 Å². The monoisotopic (exact) mass is 829 g/mol. The molecule has 3 aliphatic heterocycles. The minimum Gasteiger partial charge on any atom is -0.384 e. The number of aromatic nitrogens is 3. The van der Waals surface area contributed by atoms with Gasteiger partial charge in [0.1, 0.15) is 23.2 Å². The van der Waals surface area contributed by atoms with Crippen LogP contribution in [0.2, 0.25) is 0 Å². The van der Waals surface area contributed by atoms with Crippen molar-refractivity contribution in [2.24, 2.45) is 11.7 Å². The number of nitrogens with one attached hydrogen (secondary N) is 2. The normalized spacial score (nSPS) is 23.1. The standard InChI is InChI=1S/C38H55N9O8S2/c1-37(2,53)31-23-40-43-47(31)27-22-30(35(51)42-38(32(48)33(39)49)13-19-56-20-14-38)46(24-27)36(52)29(21-25-7-5-4-6-8-25)41-34(50)26-9-11-28(12-10-26)57(54,55)45-17-15-44(3)16-18-45/h9-12,23,25,27,29-30,53H,4-8,13-22,24H2,1-3H3,(H2,39,49)(H,41,50)(H,42,51)/t27-,29+,30-/m0/s1. The van der Waals surface area contributed by atoms with Gasteiger partial charge in [-0.3, -0.25) is 24.0 Å². The molecule has 6 rings (SSSR count). The highest BCUT2D eigenvalue weighted by molar-refractivity contribution is 7.99. The molecule has 4 heterocycles. The van der Waals surface area contributed by atoms with Crippen LogP contribution in [0.15, 0.2) is 35.4 Å². The number of nitrogens with two attached hydrogens (primary N) is 1. The van der Waals surface area contributed by atoms with E-state index in [1.807, 2.05) is 7.05 Å². The molecule has 5 N–H and O–H groups in total. The molecule has 17 nitrogen and oxygen atoms in total. The number of nitrogens with zero attached hydrogens (tertiary/aromatic N) is 6. The molecule has 4 amide bonds. The van der Waals surface area contributed by atoms with Crippen LogP contribution in [0.5, 0.6) is 0 Å². The molecule has 312 valence electrons. The van der Waals surface area contributed by atoms with Crippen molar-refractivity contribution in [3.63, 3.8) is 0 Å². The third kappa shape index (κ3) is 9.53. The molecule has 2 aromatic rings. The van der Waals surface area contributed by atoms with Gasteiger partial charge in [-0.25, -0.2) is 13.1 Å². The van der Waals surface area contributed by atoms with Crippen LogP contribution in [0.25, 0.3) is 0 Å². The number of aliphatic hydroxyl groups is 1. The largest absolute Gasteiger partial charge is 0.384 e. The number of likely N-dealkylation sites (tertiary alicyclic amines) is 1. The number of amides is 4. The number of hydrogen-bond acceptors (Lipinski definition) is 12. The molecule has 0 bridgehead atoms. The molecule has 1 aromatic carbocycles. The van der Waals surface area contributed by atoms with Crippen molar-refractivity contribution in [3.05, 3.63) is 41.7 Å². The third-order valence-corrected chi connectivity index (χ3v) is 14.8. The van der Waals surface area contributed by atoms with E-state index in [-0.39, 0.29) is 42.2 Å². The maximum Gasteiger partial charge on any atom is 0.287 e. The fourth-order valence-corrected chi connectivity index (χ4v) is 11.1. The van der Waals surface area contributed by atoms with E-state index in [2.05, 4.69) is 25.8 Å². The fraction of sp³-hybridized carbons (Fsp3) is 0.658. The Morgan fingerprint density at radius 3 is 2.28 bits per heavy atom. The van der Waals surface area contributed by atoms with Gasteiger partial charge >= 0.3 is 0 Å². The number of Topliss-reactive ketones (excluding diaryl/α,β-unsaturated/α-hetero) is 1. The molecule has 4 aliphatic rings. The summed E-state index contributed by atoms with van der Waals surface area (Å²) in [7, 11) is -1.83. The highest BCUT2D eigenvalue weighted by Gasteiger charge is 2.49. The van der Waals surface area contributed by atoms with E-state index in [1.54, 1.807) is 25.6 Å². The van der Waals surface area contributed by atoms with Crippen LogP contribution >= 0.6 is 11.8 Å². The van der Waals surface area contributed by atoms with Gasteiger partial charge in [-0.05, 0) is 81.8 Å². The Bertz CT molecular complexity index is 1910. The average Bonchev–Trinajstić information content (AvgIpc) is 3.87. The molecule has 4 fully saturated rings. The van der Waals surface area contributed by atoms with Crippen LogP contribution in [0.1, 0.15) is 93.7 Å². The first-order valence-corrected chi connectivity index (χ1v) is 22.4. The molecule has 3 saturated heterocycles. The number of hydrogen-bond donors (Lipinski definition) is 4. The van der Waals surface area contributed by atoms with E-state index in [4.69, 9.17) is 5.73 Å². The number of ketones is 1. The summed E-state index contributed by atoms with van der Waals surface area (Å²) in [6.07, 6.45) is 6.96. The molecule has 1 aliphatic carbocycles. The molecular formula is C38H55N9O8S2.